The van der Waals surface area contributed by atoms with E-state index >= 15 is 0 Å². The normalized spacial score (nSPS) is 16.1. The first-order chi connectivity index (χ1) is 6.29. The lowest BCUT2D eigenvalue weighted by Gasteiger charge is -2.29. The summed E-state index contributed by atoms with van der Waals surface area (Å²) < 4.78 is 0. The molecule has 1 amide bonds. The minimum Gasteiger partial charge on any atom is -0.350 e. The number of halogens is 1. The molecular weight excluding hydrogens is 242 g/mol. The number of carbonyl (C=O) groups is 1. The van der Waals surface area contributed by atoms with Crippen LogP contribution in [0.15, 0.2) is 0 Å². The van der Waals surface area contributed by atoms with E-state index in [4.69, 9.17) is 0 Å². The van der Waals surface area contributed by atoms with E-state index in [0.29, 0.717) is 12.3 Å². The Balaban J connectivity index is 4.06. The van der Waals surface area contributed by atoms with Crippen LogP contribution in [0.3, 0.4) is 0 Å². The van der Waals surface area contributed by atoms with Crippen LogP contribution in [0.1, 0.15) is 47.5 Å². The molecule has 2 atom stereocenters. The van der Waals surface area contributed by atoms with E-state index in [9.17, 15) is 4.79 Å². The third kappa shape index (κ3) is 4.99. The molecular formula is C11H22BrNO. The van der Waals surface area contributed by atoms with Crippen molar-refractivity contribution < 1.29 is 4.79 Å². The molecule has 0 saturated heterocycles. The molecule has 0 aromatic rings. The number of hydrogen-bond donors (Lipinski definition) is 1. The summed E-state index contributed by atoms with van der Waals surface area (Å²) in [5.74, 6) is 0.618. The van der Waals surface area contributed by atoms with Crippen molar-refractivity contribution in [3.63, 3.8) is 0 Å². The highest BCUT2D eigenvalue weighted by Gasteiger charge is 2.25. The minimum absolute atomic E-state index is 0.149. The topological polar surface area (TPSA) is 29.1 Å². The average molecular weight is 264 g/mol. The molecule has 0 bridgehead atoms. The number of alkyl halides is 1. The van der Waals surface area contributed by atoms with Crippen molar-refractivity contribution in [1.82, 2.24) is 5.32 Å². The summed E-state index contributed by atoms with van der Waals surface area (Å²) in [6, 6.07) is 0. The first-order valence-corrected chi connectivity index (χ1v) is 6.16. The molecule has 0 aromatic heterocycles. The van der Waals surface area contributed by atoms with Crippen molar-refractivity contribution in [2.24, 2.45) is 5.92 Å². The van der Waals surface area contributed by atoms with Crippen LogP contribution < -0.4 is 5.32 Å². The fraction of sp³-hybridized carbons (Fsp3) is 0.909. The molecule has 0 aliphatic rings. The maximum Gasteiger partial charge on any atom is 0.220 e. The molecule has 0 saturated carbocycles. The lowest BCUT2D eigenvalue weighted by Crippen LogP contribution is -2.49. The first-order valence-electron chi connectivity index (χ1n) is 5.24. The maximum atomic E-state index is 11.6. The Morgan fingerprint density at radius 2 is 1.93 bits per heavy atom. The van der Waals surface area contributed by atoms with Crippen molar-refractivity contribution in [2.75, 3.05) is 0 Å². The van der Waals surface area contributed by atoms with Crippen LogP contribution in [0.2, 0.25) is 0 Å². The van der Waals surface area contributed by atoms with Gasteiger partial charge in [-0.3, -0.25) is 4.79 Å². The number of hydrogen-bond acceptors (Lipinski definition) is 1. The largest absolute Gasteiger partial charge is 0.350 e. The van der Waals surface area contributed by atoms with Crippen molar-refractivity contribution in [3.05, 3.63) is 0 Å². The fourth-order valence-electron chi connectivity index (χ4n) is 0.971. The van der Waals surface area contributed by atoms with Crippen LogP contribution in [0.4, 0.5) is 0 Å². The molecule has 0 spiro atoms. The van der Waals surface area contributed by atoms with Crippen molar-refractivity contribution >= 4 is 21.8 Å². The van der Waals surface area contributed by atoms with E-state index in [1.54, 1.807) is 0 Å². The van der Waals surface area contributed by atoms with Crippen molar-refractivity contribution in [1.29, 1.82) is 0 Å². The number of nitrogens with one attached hydrogen (secondary N) is 1. The second-order valence-corrected chi connectivity index (χ2v) is 5.98. The summed E-state index contributed by atoms with van der Waals surface area (Å²) >= 11 is 3.49. The summed E-state index contributed by atoms with van der Waals surface area (Å²) in [6.45, 7) is 10.3. The molecule has 0 fully saturated rings. The Kier molecular flexibility index (Phi) is 5.72. The molecule has 0 aliphatic carbocycles. The number of carbonyl (C=O) groups excluding carboxylic acids is 1. The van der Waals surface area contributed by atoms with Gasteiger partial charge in [-0.25, -0.2) is 0 Å². The first kappa shape index (κ1) is 13.9. The molecule has 3 heteroatoms. The van der Waals surface area contributed by atoms with Gasteiger partial charge in [-0.05, 0) is 19.8 Å². The monoisotopic (exact) mass is 263 g/mol. The second kappa shape index (κ2) is 5.74. The molecule has 0 aliphatic heterocycles. The van der Waals surface area contributed by atoms with Gasteiger partial charge in [-0.15, -0.1) is 0 Å². The molecule has 2 nitrogen and oxygen atoms in total. The van der Waals surface area contributed by atoms with E-state index in [0.717, 1.165) is 6.42 Å². The second-order valence-electron chi connectivity index (χ2n) is 4.60. The molecule has 0 aromatic carbocycles. The van der Waals surface area contributed by atoms with Crippen LogP contribution in [-0.4, -0.2) is 16.3 Å². The lowest BCUT2D eigenvalue weighted by molar-refractivity contribution is -0.123. The summed E-state index contributed by atoms with van der Waals surface area (Å²) in [4.78, 5) is 11.9. The maximum absolute atomic E-state index is 11.6. The lowest BCUT2D eigenvalue weighted by atomic mass is 9.99. The van der Waals surface area contributed by atoms with E-state index in [1.165, 1.54) is 0 Å². The third-order valence-corrected chi connectivity index (χ3v) is 3.83. The standard InChI is InChI=1S/C11H22BrNO/c1-6-8(2)7-10(14)13-11(4,5)9(3)12/h8-9H,6-7H2,1-5H3,(H,13,14). The van der Waals surface area contributed by atoms with Crippen LogP contribution in [0, 0.1) is 5.92 Å². The summed E-state index contributed by atoms with van der Waals surface area (Å²) in [5, 5.41) is 3.04. The Morgan fingerprint density at radius 3 is 2.29 bits per heavy atom. The average Bonchev–Trinajstić information content (AvgIpc) is 2.02. The summed E-state index contributed by atoms with van der Waals surface area (Å²) in [6.07, 6.45) is 1.68. The van der Waals surface area contributed by atoms with Crippen molar-refractivity contribution in [3.8, 4) is 0 Å². The van der Waals surface area contributed by atoms with Gasteiger partial charge < -0.3 is 5.32 Å². The van der Waals surface area contributed by atoms with Gasteiger partial charge in [-0.2, -0.15) is 0 Å². The fourth-order valence-corrected chi connectivity index (χ4v) is 1.09. The highest BCUT2D eigenvalue weighted by Crippen LogP contribution is 2.17. The van der Waals surface area contributed by atoms with Crippen LogP contribution in [0.25, 0.3) is 0 Å². The molecule has 0 rings (SSSR count). The molecule has 1 N–H and O–H groups in total. The van der Waals surface area contributed by atoms with Crippen LogP contribution in [0.5, 0.6) is 0 Å². The van der Waals surface area contributed by atoms with E-state index in [-0.39, 0.29) is 16.3 Å². The Hall–Kier alpha value is -0.0500. The number of amides is 1. The minimum atomic E-state index is -0.176. The summed E-state index contributed by atoms with van der Waals surface area (Å²) in [7, 11) is 0. The highest BCUT2D eigenvalue weighted by molar-refractivity contribution is 9.09. The molecule has 0 heterocycles. The SMILES string of the molecule is CCC(C)CC(=O)NC(C)(C)C(C)Br. The molecule has 0 radical (unpaired) electrons. The zero-order valence-corrected chi connectivity index (χ0v) is 11.4. The van der Waals surface area contributed by atoms with E-state index in [1.807, 2.05) is 20.8 Å². The predicted molar refractivity (Wildman–Crippen MR) is 64.7 cm³/mol. The van der Waals surface area contributed by atoms with Crippen LogP contribution in [-0.2, 0) is 4.79 Å². The smallest absolute Gasteiger partial charge is 0.220 e. The molecule has 84 valence electrons. The van der Waals surface area contributed by atoms with Gasteiger partial charge in [0.05, 0.1) is 0 Å². The van der Waals surface area contributed by atoms with Gasteiger partial charge in [0.25, 0.3) is 0 Å². The van der Waals surface area contributed by atoms with Crippen molar-refractivity contribution in [2.45, 2.75) is 57.8 Å². The zero-order valence-electron chi connectivity index (χ0n) is 9.86. The van der Waals surface area contributed by atoms with Gasteiger partial charge >= 0.3 is 0 Å². The zero-order chi connectivity index (χ0) is 11.4. The Labute approximate surface area is 96.0 Å². The van der Waals surface area contributed by atoms with Gasteiger partial charge in [0.2, 0.25) is 5.91 Å². The quantitative estimate of drug-likeness (QED) is 0.759. The number of rotatable bonds is 5. The van der Waals surface area contributed by atoms with Gasteiger partial charge in [-0.1, -0.05) is 43.1 Å². The summed E-state index contributed by atoms with van der Waals surface area (Å²) in [5.41, 5.74) is -0.176. The third-order valence-electron chi connectivity index (χ3n) is 2.69. The van der Waals surface area contributed by atoms with Crippen LogP contribution >= 0.6 is 15.9 Å². The molecule has 14 heavy (non-hydrogen) atoms. The van der Waals surface area contributed by atoms with Gasteiger partial charge in [0.15, 0.2) is 0 Å². The van der Waals surface area contributed by atoms with E-state index in [2.05, 4.69) is 35.1 Å². The Bertz CT molecular complexity index is 190. The highest BCUT2D eigenvalue weighted by atomic mass is 79.9. The van der Waals surface area contributed by atoms with Gasteiger partial charge in [0, 0.05) is 16.8 Å². The van der Waals surface area contributed by atoms with Gasteiger partial charge in [0.1, 0.15) is 0 Å². The molecule has 2 unspecified atom stereocenters. The Morgan fingerprint density at radius 1 is 1.43 bits per heavy atom. The predicted octanol–water partition coefficient (Wildman–Crippen LogP) is 3.10. The van der Waals surface area contributed by atoms with E-state index < -0.39 is 0 Å².